The van der Waals surface area contributed by atoms with E-state index in [2.05, 4.69) is 9.69 Å². The topological polar surface area (TPSA) is 95.8 Å². The number of aliphatic hydroxyl groups is 2. The summed E-state index contributed by atoms with van der Waals surface area (Å²) in [6.45, 7) is 12.4. The third-order valence-corrected chi connectivity index (χ3v) is 7.78. The Balaban J connectivity index is 1.64. The van der Waals surface area contributed by atoms with Crippen molar-refractivity contribution < 1.29 is 36.5 Å². The van der Waals surface area contributed by atoms with Gasteiger partial charge < -0.3 is 14.9 Å². The monoisotopic (exact) mass is 517 g/mol. The molecule has 36 heavy (non-hydrogen) atoms. The molecule has 4 rings (SSSR count). The second kappa shape index (κ2) is 9.08. The van der Waals surface area contributed by atoms with E-state index in [1.54, 1.807) is 36.4 Å². The minimum Gasteiger partial charge on any atom is -0.486 e. The lowest BCUT2D eigenvalue weighted by molar-refractivity contribution is -0.137. The summed E-state index contributed by atoms with van der Waals surface area (Å²) in [5.41, 5.74) is -3.44. The fourth-order valence-corrected chi connectivity index (χ4v) is 5.58. The van der Waals surface area contributed by atoms with Crippen molar-refractivity contribution in [2.75, 3.05) is 19.7 Å². The van der Waals surface area contributed by atoms with Crippen molar-refractivity contribution in [1.29, 1.82) is 0 Å². The Morgan fingerprint density at radius 2 is 1.75 bits per heavy atom. The molecule has 12 heteroatoms. The fourth-order valence-electron chi connectivity index (χ4n) is 3.97. The first-order valence-corrected chi connectivity index (χ1v) is 11.9. The SMILES string of the molecule is [C-]#[N+]c1ccc2cc(O[C@H]3CN(S(=O)(=O)c4ccc(C(F)(F)F)cc4[N+]#[C-])C[C@@]3(O)CO)ccc2c1. The number of ether oxygens (including phenoxy) is 1. The predicted octanol–water partition coefficient (Wildman–Crippen LogP) is 4.14. The van der Waals surface area contributed by atoms with Crippen LogP contribution in [0, 0.1) is 13.1 Å². The lowest BCUT2D eigenvalue weighted by Gasteiger charge is -2.27. The first kappa shape index (κ1) is 25.4. The van der Waals surface area contributed by atoms with Gasteiger partial charge in [-0.3, -0.25) is 0 Å². The summed E-state index contributed by atoms with van der Waals surface area (Å²) in [6, 6.07) is 11.6. The van der Waals surface area contributed by atoms with Crippen molar-refractivity contribution in [3.8, 4) is 5.75 Å². The van der Waals surface area contributed by atoms with E-state index in [1.807, 2.05) is 0 Å². The molecule has 1 heterocycles. The minimum absolute atomic E-state index is 0.269. The first-order valence-electron chi connectivity index (χ1n) is 10.4. The van der Waals surface area contributed by atoms with Crippen molar-refractivity contribution in [2.45, 2.75) is 22.8 Å². The molecule has 1 aliphatic heterocycles. The highest BCUT2D eigenvalue weighted by Crippen LogP contribution is 2.38. The molecule has 0 amide bonds. The van der Waals surface area contributed by atoms with Gasteiger partial charge in [0.25, 0.3) is 0 Å². The summed E-state index contributed by atoms with van der Waals surface area (Å²) in [5.74, 6) is 0.269. The molecule has 2 atom stereocenters. The van der Waals surface area contributed by atoms with E-state index < -0.39 is 63.7 Å². The van der Waals surface area contributed by atoms with Gasteiger partial charge >= 0.3 is 6.18 Å². The Morgan fingerprint density at radius 1 is 1.06 bits per heavy atom. The van der Waals surface area contributed by atoms with Crippen LogP contribution in [0.4, 0.5) is 24.5 Å². The van der Waals surface area contributed by atoms with Gasteiger partial charge in [-0.15, -0.1) is 0 Å². The molecule has 0 spiro atoms. The molecule has 0 aliphatic carbocycles. The average Bonchev–Trinajstić information content (AvgIpc) is 3.20. The average molecular weight is 517 g/mol. The van der Waals surface area contributed by atoms with Crippen molar-refractivity contribution >= 4 is 32.2 Å². The Morgan fingerprint density at radius 3 is 2.39 bits per heavy atom. The van der Waals surface area contributed by atoms with Gasteiger partial charge in [-0.25, -0.2) is 18.1 Å². The zero-order chi connectivity index (χ0) is 26.3. The molecule has 2 N–H and O–H groups in total. The van der Waals surface area contributed by atoms with Crippen LogP contribution in [0.25, 0.3) is 20.5 Å². The number of fused-ring (bicyclic) bond motifs is 1. The summed E-state index contributed by atoms with van der Waals surface area (Å²) in [7, 11) is -4.52. The maximum atomic E-state index is 13.2. The number of alkyl halides is 3. The normalized spacial score (nSPS) is 20.7. The lowest BCUT2D eigenvalue weighted by atomic mass is 10.0. The van der Waals surface area contributed by atoms with Crippen LogP contribution in [0.1, 0.15) is 5.56 Å². The summed E-state index contributed by atoms with van der Waals surface area (Å²) < 4.78 is 72.2. The smallest absolute Gasteiger partial charge is 0.415 e. The molecule has 1 saturated heterocycles. The second-order valence-corrected chi connectivity index (χ2v) is 10.2. The van der Waals surface area contributed by atoms with Crippen LogP contribution in [-0.4, -0.2) is 54.3 Å². The number of hydrogen-bond donors (Lipinski definition) is 2. The van der Waals surface area contributed by atoms with Gasteiger partial charge in [0, 0.05) is 12.1 Å². The van der Waals surface area contributed by atoms with Gasteiger partial charge in [-0.2, -0.15) is 17.5 Å². The molecule has 8 nitrogen and oxygen atoms in total. The molecular weight excluding hydrogens is 499 g/mol. The number of aliphatic hydroxyl groups excluding tert-OH is 1. The van der Waals surface area contributed by atoms with E-state index in [0.717, 1.165) is 15.1 Å². The molecule has 3 aromatic carbocycles. The van der Waals surface area contributed by atoms with E-state index >= 15 is 0 Å². The molecule has 0 aromatic heterocycles. The molecule has 1 aliphatic rings. The van der Waals surface area contributed by atoms with E-state index in [0.29, 0.717) is 23.9 Å². The van der Waals surface area contributed by atoms with E-state index in [-0.39, 0.29) is 5.75 Å². The zero-order valence-electron chi connectivity index (χ0n) is 18.4. The Hall–Kier alpha value is -3.68. The Labute approximate surface area is 204 Å². The molecular formula is C24H18F3N3O5S. The van der Waals surface area contributed by atoms with Crippen LogP contribution in [0.15, 0.2) is 59.5 Å². The largest absolute Gasteiger partial charge is 0.486 e. The van der Waals surface area contributed by atoms with Crippen molar-refractivity contribution in [2.24, 2.45) is 0 Å². The van der Waals surface area contributed by atoms with E-state index in [1.165, 1.54) is 0 Å². The van der Waals surface area contributed by atoms with E-state index in [9.17, 15) is 31.8 Å². The highest BCUT2D eigenvalue weighted by atomic mass is 32.2. The summed E-state index contributed by atoms with van der Waals surface area (Å²) in [5, 5.41) is 22.3. The van der Waals surface area contributed by atoms with Gasteiger partial charge in [0.1, 0.15) is 17.5 Å². The molecule has 0 unspecified atom stereocenters. The van der Waals surface area contributed by atoms with Crippen LogP contribution in [0.5, 0.6) is 5.75 Å². The quantitative estimate of drug-likeness (QED) is 0.496. The van der Waals surface area contributed by atoms with Crippen LogP contribution >= 0.6 is 0 Å². The Kier molecular flexibility index (Phi) is 6.41. The highest BCUT2D eigenvalue weighted by Gasteiger charge is 2.51. The predicted molar refractivity (Wildman–Crippen MR) is 123 cm³/mol. The molecule has 3 aromatic rings. The molecule has 0 radical (unpaired) electrons. The van der Waals surface area contributed by atoms with Crippen molar-refractivity contribution in [3.05, 3.63) is 83.0 Å². The molecule has 1 fully saturated rings. The van der Waals surface area contributed by atoms with Crippen LogP contribution in [-0.2, 0) is 16.2 Å². The fraction of sp³-hybridized carbons (Fsp3) is 0.250. The van der Waals surface area contributed by atoms with Gasteiger partial charge in [0.2, 0.25) is 15.7 Å². The number of rotatable bonds is 5. The van der Waals surface area contributed by atoms with Gasteiger partial charge in [-0.05, 0) is 35.0 Å². The van der Waals surface area contributed by atoms with Gasteiger partial charge in [0.05, 0.1) is 31.2 Å². The van der Waals surface area contributed by atoms with Crippen LogP contribution < -0.4 is 4.74 Å². The van der Waals surface area contributed by atoms with Gasteiger partial charge in [0.15, 0.2) is 5.69 Å². The lowest BCUT2D eigenvalue weighted by Crippen LogP contribution is -2.48. The van der Waals surface area contributed by atoms with Crippen LogP contribution in [0.3, 0.4) is 0 Å². The number of benzene rings is 3. The number of sulfonamides is 1. The maximum Gasteiger partial charge on any atom is 0.415 e. The molecule has 0 bridgehead atoms. The standard InChI is InChI=1S/C24H18F3N3O5S/c1-28-18-6-3-16-10-19(7-4-15(16)9-18)35-22-12-30(13-23(22,32)14-31)36(33,34)21-8-5-17(24(25,26)27)11-20(21)29-2/h3-11,22,31-32H,12-14H2/t22-,23+/m0/s1. The maximum absolute atomic E-state index is 13.2. The van der Waals surface area contributed by atoms with Crippen molar-refractivity contribution in [1.82, 2.24) is 4.31 Å². The minimum atomic E-state index is -4.76. The highest BCUT2D eigenvalue weighted by molar-refractivity contribution is 7.89. The number of hydrogen-bond acceptors (Lipinski definition) is 5. The molecule has 0 saturated carbocycles. The summed E-state index contributed by atoms with van der Waals surface area (Å²) in [6.07, 6.45) is -5.98. The molecule has 186 valence electrons. The number of nitrogens with zero attached hydrogens (tertiary/aromatic N) is 3. The van der Waals surface area contributed by atoms with Crippen LogP contribution in [0.2, 0.25) is 0 Å². The van der Waals surface area contributed by atoms with Gasteiger partial charge in [-0.1, -0.05) is 30.3 Å². The second-order valence-electron chi connectivity index (χ2n) is 8.26. The van der Waals surface area contributed by atoms with Crippen molar-refractivity contribution in [3.63, 3.8) is 0 Å². The summed E-state index contributed by atoms with van der Waals surface area (Å²) >= 11 is 0. The third kappa shape index (κ3) is 4.59. The zero-order valence-corrected chi connectivity index (χ0v) is 19.2. The number of β-amino-alcohol motifs (C(OH)–C–C–N with tert-alkyl or cyclic N) is 1. The number of halogens is 3. The third-order valence-electron chi connectivity index (χ3n) is 5.92. The first-order chi connectivity index (χ1) is 16.9. The Bertz CT molecular complexity index is 1530. The summed E-state index contributed by atoms with van der Waals surface area (Å²) in [4.78, 5) is 5.67. The van der Waals surface area contributed by atoms with E-state index in [4.69, 9.17) is 17.9 Å².